The van der Waals surface area contributed by atoms with E-state index in [0.717, 1.165) is 5.56 Å². The molecule has 0 spiro atoms. The normalized spacial score (nSPS) is 12.0. The van der Waals surface area contributed by atoms with Crippen LogP contribution in [0.4, 0.5) is 5.69 Å². The maximum atomic E-state index is 12.0. The number of amides is 1. The lowest BCUT2D eigenvalue weighted by molar-refractivity contribution is -0.384. The molecule has 0 bridgehead atoms. The number of hydrogen-bond donors (Lipinski definition) is 2. The maximum Gasteiger partial charge on any atom is 0.270 e. The molecule has 0 radical (unpaired) electrons. The monoisotopic (exact) mass is 359 g/mol. The summed E-state index contributed by atoms with van der Waals surface area (Å²) >= 11 is 1.47. The number of nitro benzene ring substituents is 1. The largest absolute Gasteiger partial charge is 0.507 e. The summed E-state index contributed by atoms with van der Waals surface area (Å²) in [6, 6.07) is 13.4. The molecule has 0 aliphatic rings. The average molecular weight is 359 g/mol. The summed E-state index contributed by atoms with van der Waals surface area (Å²) in [7, 11) is 0. The van der Waals surface area contributed by atoms with E-state index in [1.54, 1.807) is 6.92 Å². The van der Waals surface area contributed by atoms with Crippen LogP contribution in [0.3, 0.4) is 0 Å². The van der Waals surface area contributed by atoms with Gasteiger partial charge in [0.15, 0.2) is 0 Å². The van der Waals surface area contributed by atoms with Crippen LogP contribution in [0.2, 0.25) is 0 Å². The fourth-order valence-electron chi connectivity index (χ4n) is 1.89. The first-order valence-corrected chi connectivity index (χ1v) is 8.48. The second-order valence-electron chi connectivity index (χ2n) is 5.17. The lowest BCUT2D eigenvalue weighted by atomic mass is 10.2. The number of nitrogens with zero attached hydrogens (tertiary/aromatic N) is 2. The van der Waals surface area contributed by atoms with Gasteiger partial charge < -0.3 is 5.11 Å². The fourth-order valence-corrected chi connectivity index (χ4v) is 2.73. The third kappa shape index (κ3) is 5.61. The van der Waals surface area contributed by atoms with Crippen molar-refractivity contribution in [3.63, 3.8) is 0 Å². The number of rotatable bonds is 7. The van der Waals surface area contributed by atoms with Gasteiger partial charge in [0.1, 0.15) is 5.75 Å². The van der Waals surface area contributed by atoms with Gasteiger partial charge in [-0.3, -0.25) is 14.9 Å². The van der Waals surface area contributed by atoms with Gasteiger partial charge in [0, 0.05) is 23.4 Å². The van der Waals surface area contributed by atoms with Gasteiger partial charge in [-0.2, -0.15) is 5.10 Å². The Hall–Kier alpha value is -2.87. The Kier molecular flexibility index (Phi) is 6.53. The highest BCUT2D eigenvalue weighted by Crippen LogP contribution is 2.21. The molecule has 0 aliphatic carbocycles. The van der Waals surface area contributed by atoms with Crippen molar-refractivity contribution in [3.05, 3.63) is 69.8 Å². The number of benzene rings is 2. The van der Waals surface area contributed by atoms with Crippen LogP contribution in [0.5, 0.6) is 5.75 Å². The minimum atomic E-state index is -0.572. The molecule has 0 aliphatic heterocycles. The zero-order valence-electron chi connectivity index (χ0n) is 13.5. The Labute approximate surface area is 148 Å². The number of nitro groups is 1. The molecule has 2 N–H and O–H groups in total. The molecule has 0 heterocycles. The quantitative estimate of drug-likeness (QED) is 0.449. The summed E-state index contributed by atoms with van der Waals surface area (Å²) in [6.45, 7) is 1.77. The van der Waals surface area contributed by atoms with E-state index in [9.17, 15) is 20.0 Å². The van der Waals surface area contributed by atoms with Gasteiger partial charge in [-0.15, -0.1) is 11.8 Å². The number of hydrazone groups is 1. The van der Waals surface area contributed by atoms with Crippen molar-refractivity contribution >= 4 is 29.6 Å². The van der Waals surface area contributed by atoms with Crippen LogP contribution in [0.1, 0.15) is 18.1 Å². The first-order valence-electron chi connectivity index (χ1n) is 7.43. The van der Waals surface area contributed by atoms with Crippen molar-refractivity contribution in [3.8, 4) is 5.75 Å². The van der Waals surface area contributed by atoms with Gasteiger partial charge in [-0.05, 0) is 18.6 Å². The maximum absolute atomic E-state index is 12.0. The van der Waals surface area contributed by atoms with E-state index in [0.29, 0.717) is 5.75 Å². The number of thioether (sulfide) groups is 1. The van der Waals surface area contributed by atoms with Crippen LogP contribution in [0, 0.1) is 10.1 Å². The lowest BCUT2D eigenvalue weighted by Gasteiger charge is -2.09. The van der Waals surface area contributed by atoms with Crippen molar-refractivity contribution in [2.45, 2.75) is 17.9 Å². The SMILES string of the molecule is C[C@@H](SCc1ccccc1)C(=O)N/N=C\c1cc([N+](=O)[O-])ccc1O. The summed E-state index contributed by atoms with van der Waals surface area (Å²) in [5, 5.41) is 23.8. The second-order valence-corrected chi connectivity index (χ2v) is 6.50. The summed E-state index contributed by atoms with van der Waals surface area (Å²) in [6.07, 6.45) is 1.18. The number of aromatic hydroxyl groups is 1. The van der Waals surface area contributed by atoms with Crippen molar-refractivity contribution in [1.29, 1.82) is 0 Å². The van der Waals surface area contributed by atoms with Gasteiger partial charge in [0.25, 0.3) is 11.6 Å². The molecule has 0 fully saturated rings. The zero-order chi connectivity index (χ0) is 18.2. The predicted molar refractivity (Wildman–Crippen MR) is 97.7 cm³/mol. The van der Waals surface area contributed by atoms with E-state index < -0.39 is 4.92 Å². The Morgan fingerprint density at radius 1 is 1.36 bits per heavy atom. The van der Waals surface area contributed by atoms with Crippen LogP contribution >= 0.6 is 11.8 Å². The zero-order valence-corrected chi connectivity index (χ0v) is 14.3. The molecule has 1 amide bonds. The van der Waals surface area contributed by atoms with E-state index in [4.69, 9.17) is 0 Å². The van der Waals surface area contributed by atoms with Gasteiger partial charge in [0.05, 0.1) is 16.4 Å². The molecule has 0 saturated carbocycles. The average Bonchev–Trinajstić information content (AvgIpc) is 2.61. The van der Waals surface area contributed by atoms with Crippen LogP contribution in [0.25, 0.3) is 0 Å². The molecular weight excluding hydrogens is 342 g/mol. The lowest BCUT2D eigenvalue weighted by Crippen LogP contribution is -2.27. The number of non-ortho nitro benzene ring substituents is 1. The number of phenols is 1. The van der Waals surface area contributed by atoms with Gasteiger partial charge in [-0.1, -0.05) is 30.3 Å². The third-order valence-electron chi connectivity index (χ3n) is 3.31. The predicted octanol–water partition coefficient (Wildman–Crippen LogP) is 3.07. The molecule has 2 aromatic rings. The van der Waals surface area contributed by atoms with Crippen LogP contribution < -0.4 is 5.43 Å². The number of carbonyl (C=O) groups is 1. The molecule has 0 saturated heterocycles. The Bertz CT molecular complexity index is 781. The Balaban J connectivity index is 1.89. The minimum absolute atomic E-state index is 0.152. The molecule has 2 rings (SSSR count). The van der Waals surface area contributed by atoms with E-state index in [2.05, 4.69) is 10.5 Å². The summed E-state index contributed by atoms with van der Waals surface area (Å²) < 4.78 is 0. The molecule has 8 heteroatoms. The van der Waals surface area contributed by atoms with E-state index in [1.807, 2.05) is 30.3 Å². The molecule has 25 heavy (non-hydrogen) atoms. The number of nitrogens with one attached hydrogen (secondary N) is 1. The Morgan fingerprint density at radius 3 is 2.76 bits per heavy atom. The first-order chi connectivity index (χ1) is 12.0. The topological polar surface area (TPSA) is 105 Å². The van der Waals surface area contributed by atoms with Crippen LogP contribution in [-0.2, 0) is 10.5 Å². The third-order valence-corrected chi connectivity index (χ3v) is 4.53. The molecule has 1 atom stereocenters. The summed E-state index contributed by atoms with van der Waals surface area (Å²) in [5.74, 6) is 0.252. The van der Waals surface area contributed by atoms with Gasteiger partial charge in [-0.25, -0.2) is 5.43 Å². The summed E-state index contributed by atoms with van der Waals surface area (Å²) in [4.78, 5) is 22.2. The molecule has 7 nitrogen and oxygen atoms in total. The standard InChI is InChI=1S/C17H17N3O4S/c1-12(25-11-13-5-3-2-4-6-13)17(22)19-18-10-14-9-15(20(23)24)7-8-16(14)21/h2-10,12,21H,11H2,1H3,(H,19,22)/b18-10-/t12-/m1/s1. The van der Waals surface area contributed by atoms with Gasteiger partial charge >= 0.3 is 0 Å². The van der Waals surface area contributed by atoms with Gasteiger partial charge in [0.2, 0.25) is 0 Å². The first kappa shape index (κ1) is 18.5. The highest BCUT2D eigenvalue weighted by Gasteiger charge is 2.13. The Morgan fingerprint density at radius 2 is 2.08 bits per heavy atom. The highest BCUT2D eigenvalue weighted by atomic mass is 32.2. The number of carbonyl (C=O) groups excluding carboxylic acids is 1. The number of phenolic OH excluding ortho intramolecular Hbond substituents is 1. The van der Waals surface area contributed by atoms with Crippen molar-refractivity contribution < 1.29 is 14.8 Å². The number of hydrogen-bond acceptors (Lipinski definition) is 6. The molecule has 130 valence electrons. The van der Waals surface area contributed by atoms with E-state index in [-0.39, 0.29) is 28.2 Å². The van der Waals surface area contributed by atoms with E-state index >= 15 is 0 Å². The van der Waals surface area contributed by atoms with Crippen molar-refractivity contribution in [1.82, 2.24) is 5.43 Å². The molecule has 0 aromatic heterocycles. The summed E-state index contributed by atoms with van der Waals surface area (Å²) in [5.41, 5.74) is 3.48. The van der Waals surface area contributed by atoms with Crippen molar-refractivity contribution in [2.75, 3.05) is 0 Å². The molecular formula is C17H17N3O4S. The highest BCUT2D eigenvalue weighted by molar-refractivity contribution is 7.99. The van der Waals surface area contributed by atoms with Crippen molar-refractivity contribution in [2.24, 2.45) is 5.10 Å². The minimum Gasteiger partial charge on any atom is -0.507 e. The van der Waals surface area contributed by atoms with E-state index in [1.165, 1.54) is 36.2 Å². The smallest absolute Gasteiger partial charge is 0.270 e. The van der Waals surface area contributed by atoms with Crippen LogP contribution in [0.15, 0.2) is 53.6 Å². The second kappa shape index (κ2) is 8.84. The van der Waals surface area contributed by atoms with Crippen LogP contribution in [-0.4, -0.2) is 27.4 Å². The fraction of sp³-hybridized carbons (Fsp3) is 0.176. The molecule has 0 unspecified atom stereocenters. The molecule has 2 aromatic carbocycles.